The number of likely N-dealkylation sites (tertiary alicyclic amines) is 1. The summed E-state index contributed by atoms with van der Waals surface area (Å²) in [6.45, 7) is 13.0. The molecule has 10 rings (SSSR count). The van der Waals surface area contributed by atoms with Gasteiger partial charge in [0.05, 0.1) is 33.0 Å². The van der Waals surface area contributed by atoms with Gasteiger partial charge in [-0.3, -0.25) is 19.8 Å². The minimum Gasteiger partial charge on any atom is -0.489 e. The Hall–Kier alpha value is -5.74. The number of nitro groups is 1. The van der Waals surface area contributed by atoms with Crippen LogP contribution in [0.4, 0.5) is 21.5 Å². The Morgan fingerprint density at radius 2 is 1.78 bits per heavy atom. The van der Waals surface area contributed by atoms with Crippen molar-refractivity contribution >= 4 is 44.0 Å². The van der Waals surface area contributed by atoms with E-state index >= 15 is 0 Å². The highest BCUT2D eigenvalue weighted by molar-refractivity contribution is 7.90. The van der Waals surface area contributed by atoms with Gasteiger partial charge in [-0.15, -0.1) is 0 Å². The Morgan fingerprint density at radius 3 is 2.52 bits per heavy atom. The van der Waals surface area contributed by atoms with Crippen molar-refractivity contribution < 1.29 is 32.0 Å². The molecule has 16 heteroatoms. The average Bonchev–Trinajstić information content (AvgIpc) is 3.94. The van der Waals surface area contributed by atoms with E-state index < -0.39 is 37.3 Å². The third-order valence-corrected chi connectivity index (χ3v) is 16.9. The first kappa shape index (κ1) is 45.1. The van der Waals surface area contributed by atoms with Crippen molar-refractivity contribution in [2.75, 3.05) is 43.0 Å². The van der Waals surface area contributed by atoms with Crippen LogP contribution in [0.2, 0.25) is 0 Å². The number of carbonyl (C=O) groups excluding carboxylic acids is 1. The fourth-order valence-corrected chi connectivity index (χ4v) is 12.7. The van der Waals surface area contributed by atoms with Crippen LogP contribution in [0.3, 0.4) is 0 Å². The second-order valence-electron chi connectivity index (χ2n) is 20.8. The number of pyridine rings is 1. The van der Waals surface area contributed by atoms with E-state index in [0.29, 0.717) is 23.5 Å². The van der Waals surface area contributed by atoms with E-state index in [0.717, 1.165) is 76.5 Å². The summed E-state index contributed by atoms with van der Waals surface area (Å²) < 4.78 is 57.1. The first-order valence-corrected chi connectivity index (χ1v) is 25.3. The summed E-state index contributed by atoms with van der Waals surface area (Å²) in [5.74, 6) is -0.0579. The zero-order valence-electron chi connectivity index (χ0n) is 38.6. The molecule has 3 N–H and O–H groups in total. The SMILES string of the molecule is CC(C)c1ccccc1[C@@H]1CCC[C@@H]1N1CC2(CCN(c3ccc(C(=O)NS(=O)(=O)c4cc5c(c([N+](=O)[O-])c4)N[C@@H](C4CCC(C)(C)CC4)CO5)c(Oc4cnc5[nH]cc(F)c5c4)c3)CC2)C1. The van der Waals surface area contributed by atoms with Gasteiger partial charge in [0, 0.05) is 62.3 Å². The van der Waals surface area contributed by atoms with Crippen molar-refractivity contribution in [3.8, 4) is 17.2 Å². The normalized spacial score (nSPS) is 22.8. The van der Waals surface area contributed by atoms with Gasteiger partial charge in [-0.2, -0.15) is 0 Å². The van der Waals surface area contributed by atoms with Crippen LogP contribution in [0.1, 0.15) is 119 Å². The fraction of sp³-hybridized carbons (Fsp3) is 0.490. The summed E-state index contributed by atoms with van der Waals surface area (Å²) >= 11 is 0. The van der Waals surface area contributed by atoms with Crippen molar-refractivity contribution in [2.24, 2.45) is 16.7 Å². The van der Waals surface area contributed by atoms with Gasteiger partial charge >= 0.3 is 0 Å². The number of aromatic amines is 1. The number of aromatic nitrogens is 2. The number of piperidine rings is 1. The number of halogens is 1. The molecule has 4 fully saturated rings. The number of hydrogen-bond donors (Lipinski definition) is 3. The molecule has 5 aliphatic rings. The summed E-state index contributed by atoms with van der Waals surface area (Å²) in [5.41, 5.74) is 4.09. The van der Waals surface area contributed by atoms with E-state index in [-0.39, 0.29) is 63.3 Å². The number of anilines is 2. The molecular formula is C51H60FN7O7S. The van der Waals surface area contributed by atoms with Crippen molar-refractivity contribution in [1.29, 1.82) is 0 Å². The van der Waals surface area contributed by atoms with Gasteiger partial charge in [-0.25, -0.2) is 22.5 Å². The van der Waals surface area contributed by atoms with Crippen LogP contribution in [-0.2, 0) is 10.0 Å². The molecule has 3 atom stereocenters. The molecule has 5 aromatic rings. The summed E-state index contributed by atoms with van der Waals surface area (Å²) in [7, 11) is -4.68. The number of hydrogen-bond acceptors (Lipinski definition) is 11. The molecule has 2 saturated carbocycles. The van der Waals surface area contributed by atoms with Crippen LogP contribution in [0.25, 0.3) is 11.0 Å². The third kappa shape index (κ3) is 8.82. The highest BCUT2D eigenvalue weighted by atomic mass is 32.2. The maximum absolute atomic E-state index is 14.7. The Labute approximate surface area is 391 Å². The van der Waals surface area contributed by atoms with Crippen molar-refractivity contribution in [1.82, 2.24) is 19.6 Å². The largest absolute Gasteiger partial charge is 0.489 e. The number of ether oxygens (including phenoxy) is 2. The van der Waals surface area contributed by atoms with Crippen molar-refractivity contribution in [3.05, 3.63) is 106 Å². The number of benzene rings is 3. The fourth-order valence-electron chi connectivity index (χ4n) is 11.7. The Morgan fingerprint density at radius 1 is 1.01 bits per heavy atom. The van der Waals surface area contributed by atoms with Gasteiger partial charge in [-0.05, 0) is 109 Å². The summed E-state index contributed by atoms with van der Waals surface area (Å²) in [6.07, 6.45) is 12.2. The monoisotopic (exact) mass is 933 g/mol. The first-order chi connectivity index (χ1) is 32.1. The summed E-state index contributed by atoms with van der Waals surface area (Å²) in [6, 6.07) is 18.0. The Bertz CT molecular complexity index is 2820. The number of sulfonamides is 1. The lowest BCUT2D eigenvalue weighted by atomic mass is 9.70. The lowest BCUT2D eigenvalue weighted by Gasteiger charge is -2.57. The highest BCUT2D eigenvalue weighted by Gasteiger charge is 2.49. The quantitative estimate of drug-likeness (QED) is 0.0850. The maximum atomic E-state index is 14.7. The standard InChI is InChI=1S/C51H60FN7O7S/c1-31(2)36-8-5-6-9-37(36)38-10-7-11-43(38)58-29-51(30-58)18-20-57(21-19-51)33-12-13-39(45(22-33)66-34-23-40-41(52)27-54-48(40)53-26-34)49(60)56-67(63,64)35-24-44(59(61)62)47-46(25-35)65-28-42(55-47)32-14-16-50(3,4)17-15-32/h5-6,8-9,12-13,22-27,31-32,38,42-43,55H,7,10-11,14-21,28-30H2,1-4H3,(H,53,54)(H,56,60)/t38-,42+,43-/m0/s1. The molecular weight excluding hydrogens is 874 g/mol. The average molecular weight is 934 g/mol. The smallest absolute Gasteiger partial charge is 0.297 e. The zero-order valence-corrected chi connectivity index (χ0v) is 39.5. The predicted molar refractivity (Wildman–Crippen MR) is 255 cm³/mol. The molecule has 0 radical (unpaired) electrons. The molecule has 0 bridgehead atoms. The number of carbonyl (C=O) groups is 1. The van der Waals surface area contributed by atoms with Crippen LogP contribution in [-0.4, -0.2) is 79.0 Å². The second kappa shape index (κ2) is 17.4. The molecule has 14 nitrogen and oxygen atoms in total. The van der Waals surface area contributed by atoms with Crippen molar-refractivity contribution in [3.63, 3.8) is 0 Å². The molecule has 5 heterocycles. The Kier molecular flexibility index (Phi) is 11.7. The molecule has 2 aliphatic carbocycles. The van der Waals surface area contributed by atoms with Gasteiger partial charge in [0.2, 0.25) is 0 Å². The van der Waals surface area contributed by atoms with E-state index in [1.165, 1.54) is 61.0 Å². The van der Waals surface area contributed by atoms with Gasteiger partial charge in [0.25, 0.3) is 21.6 Å². The Balaban J connectivity index is 0.863. The molecule has 2 aromatic heterocycles. The minimum absolute atomic E-state index is 0.0238. The lowest BCUT2D eigenvalue weighted by Crippen LogP contribution is -2.63. The predicted octanol–water partition coefficient (Wildman–Crippen LogP) is 10.3. The van der Waals surface area contributed by atoms with Gasteiger partial charge < -0.3 is 24.7 Å². The number of nitrogens with one attached hydrogen (secondary N) is 3. The van der Waals surface area contributed by atoms with E-state index in [1.807, 2.05) is 0 Å². The maximum Gasteiger partial charge on any atom is 0.297 e. The number of nitro benzene ring substituents is 1. The van der Waals surface area contributed by atoms with Crippen LogP contribution in [0.5, 0.6) is 17.2 Å². The van der Waals surface area contributed by atoms with Crippen LogP contribution < -0.4 is 24.4 Å². The topological polar surface area (TPSA) is 172 Å². The molecule has 3 aliphatic heterocycles. The van der Waals surface area contributed by atoms with E-state index in [2.05, 4.69) is 81.8 Å². The van der Waals surface area contributed by atoms with E-state index in [9.17, 15) is 27.7 Å². The van der Waals surface area contributed by atoms with Crippen LogP contribution in [0.15, 0.2) is 78.0 Å². The molecule has 2 saturated heterocycles. The van der Waals surface area contributed by atoms with Gasteiger partial charge in [0.1, 0.15) is 29.6 Å². The molecule has 0 unspecified atom stereocenters. The second-order valence-corrected chi connectivity index (χ2v) is 22.5. The number of H-pyrrole nitrogens is 1. The highest BCUT2D eigenvalue weighted by Crippen LogP contribution is 2.50. The zero-order chi connectivity index (χ0) is 46.8. The number of fused-ring (bicyclic) bond motifs is 2. The van der Waals surface area contributed by atoms with Gasteiger partial charge in [0.15, 0.2) is 11.4 Å². The van der Waals surface area contributed by atoms with Crippen LogP contribution >= 0.6 is 0 Å². The molecule has 67 heavy (non-hydrogen) atoms. The minimum atomic E-state index is -4.68. The first-order valence-electron chi connectivity index (χ1n) is 23.9. The lowest BCUT2D eigenvalue weighted by molar-refractivity contribution is -0.384. The third-order valence-electron chi connectivity index (χ3n) is 15.6. The molecule has 1 spiro atoms. The van der Waals surface area contributed by atoms with Crippen molar-refractivity contribution in [2.45, 2.75) is 114 Å². The molecule has 3 aromatic carbocycles. The number of amides is 1. The number of rotatable bonds is 11. The van der Waals surface area contributed by atoms with Gasteiger partial charge in [-0.1, -0.05) is 58.4 Å². The molecule has 354 valence electrons. The molecule has 1 amide bonds. The van der Waals surface area contributed by atoms with Crippen LogP contribution in [0, 0.1) is 32.7 Å². The van der Waals surface area contributed by atoms with E-state index in [1.54, 1.807) is 12.1 Å². The van der Waals surface area contributed by atoms with E-state index in [4.69, 9.17) is 9.47 Å². The summed E-state index contributed by atoms with van der Waals surface area (Å²) in [5, 5.41) is 15.9. The summed E-state index contributed by atoms with van der Waals surface area (Å²) in [4.78, 5) is 37.4. The number of nitrogens with zero attached hydrogens (tertiary/aromatic N) is 4.